The predicted molar refractivity (Wildman–Crippen MR) is 81.2 cm³/mol. The number of hydrogen-bond acceptors (Lipinski definition) is 3. The summed E-state index contributed by atoms with van der Waals surface area (Å²) in [6, 6.07) is 6.93. The number of hydrogen-bond donors (Lipinski definition) is 0. The minimum absolute atomic E-state index is 0.285. The van der Waals surface area contributed by atoms with Crippen molar-refractivity contribution >= 4 is 5.97 Å². The van der Waals surface area contributed by atoms with Gasteiger partial charge in [-0.2, -0.15) is 0 Å². The van der Waals surface area contributed by atoms with Gasteiger partial charge >= 0.3 is 5.97 Å². The molecule has 0 N–H and O–H groups in total. The molecule has 0 aliphatic heterocycles. The van der Waals surface area contributed by atoms with Crippen molar-refractivity contribution in [2.24, 2.45) is 0 Å². The molecule has 3 nitrogen and oxygen atoms in total. The van der Waals surface area contributed by atoms with E-state index in [2.05, 4.69) is 13.5 Å². The van der Waals surface area contributed by atoms with E-state index < -0.39 is 0 Å². The highest BCUT2D eigenvalue weighted by Crippen LogP contribution is 2.13. The standard InChI is InChI=1S/C17H24O3/c1-4-5-7-14(2)8-6-13-20-17(18)15-9-11-16(19-3)12-10-15/h9-12H,2,4-8,13H2,1,3H3. The van der Waals surface area contributed by atoms with Gasteiger partial charge in [-0.1, -0.05) is 25.5 Å². The van der Waals surface area contributed by atoms with Crippen molar-refractivity contribution in [1.29, 1.82) is 0 Å². The molecule has 0 aromatic heterocycles. The molecule has 0 amide bonds. The van der Waals surface area contributed by atoms with Crippen LogP contribution >= 0.6 is 0 Å². The first-order valence-electron chi connectivity index (χ1n) is 7.15. The van der Waals surface area contributed by atoms with Crippen LogP contribution in [0.2, 0.25) is 0 Å². The lowest BCUT2D eigenvalue weighted by atomic mass is 10.1. The molecule has 0 spiro atoms. The molecule has 0 aliphatic rings. The van der Waals surface area contributed by atoms with Crippen LogP contribution in [0.3, 0.4) is 0 Å². The van der Waals surface area contributed by atoms with E-state index in [0.29, 0.717) is 12.2 Å². The quantitative estimate of drug-likeness (QED) is 0.381. The Kier molecular flexibility index (Phi) is 7.48. The molecule has 0 heterocycles. The highest BCUT2D eigenvalue weighted by atomic mass is 16.5. The highest BCUT2D eigenvalue weighted by molar-refractivity contribution is 5.89. The third-order valence-electron chi connectivity index (χ3n) is 3.12. The molecule has 0 atom stereocenters. The summed E-state index contributed by atoms with van der Waals surface area (Å²) in [5, 5.41) is 0. The van der Waals surface area contributed by atoms with E-state index in [1.165, 1.54) is 18.4 Å². The Balaban J connectivity index is 2.24. The number of unbranched alkanes of at least 4 members (excludes halogenated alkanes) is 1. The Morgan fingerprint density at radius 2 is 1.80 bits per heavy atom. The SMILES string of the molecule is C=C(CCCC)CCCOC(=O)c1ccc(OC)cc1. The fourth-order valence-electron chi connectivity index (χ4n) is 1.85. The summed E-state index contributed by atoms with van der Waals surface area (Å²) < 4.78 is 10.3. The van der Waals surface area contributed by atoms with Crippen LogP contribution in [0.25, 0.3) is 0 Å². The summed E-state index contributed by atoms with van der Waals surface area (Å²) in [4.78, 5) is 11.8. The Morgan fingerprint density at radius 1 is 1.15 bits per heavy atom. The minimum Gasteiger partial charge on any atom is -0.497 e. The van der Waals surface area contributed by atoms with Crippen molar-refractivity contribution in [1.82, 2.24) is 0 Å². The lowest BCUT2D eigenvalue weighted by Gasteiger charge is -2.07. The van der Waals surface area contributed by atoms with Crippen LogP contribution < -0.4 is 4.74 Å². The molecule has 1 aromatic rings. The zero-order chi connectivity index (χ0) is 14.8. The first-order chi connectivity index (χ1) is 9.67. The molecule has 110 valence electrons. The topological polar surface area (TPSA) is 35.5 Å². The summed E-state index contributed by atoms with van der Waals surface area (Å²) in [6.45, 7) is 6.64. The Bertz CT molecular complexity index is 420. The number of benzene rings is 1. The van der Waals surface area contributed by atoms with Gasteiger partial charge in [-0.25, -0.2) is 4.79 Å². The van der Waals surface area contributed by atoms with Gasteiger partial charge in [-0.05, 0) is 49.9 Å². The van der Waals surface area contributed by atoms with Gasteiger partial charge in [-0.15, -0.1) is 0 Å². The molecule has 0 saturated carbocycles. The van der Waals surface area contributed by atoms with Gasteiger partial charge in [0.1, 0.15) is 5.75 Å². The molecule has 1 rings (SSSR count). The number of carbonyl (C=O) groups excluding carboxylic acids is 1. The fourth-order valence-corrected chi connectivity index (χ4v) is 1.85. The molecule has 0 radical (unpaired) electrons. The van der Waals surface area contributed by atoms with Gasteiger partial charge in [-0.3, -0.25) is 0 Å². The van der Waals surface area contributed by atoms with E-state index in [0.717, 1.165) is 25.0 Å². The van der Waals surface area contributed by atoms with Gasteiger partial charge in [0.2, 0.25) is 0 Å². The van der Waals surface area contributed by atoms with E-state index in [1.807, 2.05) is 0 Å². The van der Waals surface area contributed by atoms with Gasteiger partial charge < -0.3 is 9.47 Å². The molecule has 20 heavy (non-hydrogen) atoms. The van der Waals surface area contributed by atoms with Crippen LogP contribution in [-0.2, 0) is 4.74 Å². The number of ether oxygens (including phenoxy) is 2. The Labute approximate surface area is 121 Å². The molecule has 0 unspecified atom stereocenters. The van der Waals surface area contributed by atoms with Crippen LogP contribution in [0, 0.1) is 0 Å². The monoisotopic (exact) mass is 276 g/mol. The van der Waals surface area contributed by atoms with Crippen LogP contribution in [0.5, 0.6) is 5.75 Å². The van der Waals surface area contributed by atoms with Crippen molar-refractivity contribution in [3.05, 3.63) is 42.0 Å². The summed E-state index contributed by atoms with van der Waals surface area (Å²) in [5.41, 5.74) is 1.79. The van der Waals surface area contributed by atoms with Crippen LogP contribution in [0.15, 0.2) is 36.4 Å². The summed E-state index contributed by atoms with van der Waals surface area (Å²) in [5.74, 6) is 0.445. The third-order valence-corrected chi connectivity index (χ3v) is 3.12. The lowest BCUT2D eigenvalue weighted by Crippen LogP contribution is -2.06. The molecule has 0 fully saturated rings. The molecule has 0 saturated heterocycles. The minimum atomic E-state index is -0.285. The second-order valence-corrected chi connectivity index (χ2v) is 4.82. The molecular weight excluding hydrogens is 252 g/mol. The van der Waals surface area contributed by atoms with Gasteiger partial charge in [0.05, 0.1) is 19.3 Å². The smallest absolute Gasteiger partial charge is 0.338 e. The summed E-state index contributed by atoms with van der Waals surface area (Å²) >= 11 is 0. The van der Waals surface area contributed by atoms with Crippen LogP contribution in [-0.4, -0.2) is 19.7 Å². The van der Waals surface area contributed by atoms with Crippen molar-refractivity contribution in [2.45, 2.75) is 39.0 Å². The van der Waals surface area contributed by atoms with Crippen LogP contribution in [0.1, 0.15) is 49.4 Å². The van der Waals surface area contributed by atoms with E-state index in [9.17, 15) is 4.79 Å². The summed E-state index contributed by atoms with van der Waals surface area (Å²) in [7, 11) is 1.60. The Morgan fingerprint density at radius 3 is 2.40 bits per heavy atom. The Hall–Kier alpha value is -1.77. The van der Waals surface area contributed by atoms with E-state index in [-0.39, 0.29) is 5.97 Å². The average Bonchev–Trinajstić information content (AvgIpc) is 2.49. The third kappa shape index (κ3) is 5.91. The van der Waals surface area contributed by atoms with E-state index in [4.69, 9.17) is 9.47 Å². The van der Waals surface area contributed by atoms with Crippen molar-refractivity contribution in [3.63, 3.8) is 0 Å². The second kappa shape index (κ2) is 9.18. The lowest BCUT2D eigenvalue weighted by molar-refractivity contribution is 0.0500. The normalized spacial score (nSPS) is 10.1. The molecular formula is C17H24O3. The van der Waals surface area contributed by atoms with Gasteiger partial charge in [0, 0.05) is 0 Å². The number of rotatable bonds is 9. The highest BCUT2D eigenvalue weighted by Gasteiger charge is 2.06. The average molecular weight is 276 g/mol. The fraction of sp³-hybridized carbons (Fsp3) is 0.471. The zero-order valence-corrected chi connectivity index (χ0v) is 12.5. The maximum absolute atomic E-state index is 11.8. The second-order valence-electron chi connectivity index (χ2n) is 4.82. The molecule has 1 aromatic carbocycles. The molecule has 0 bridgehead atoms. The number of esters is 1. The maximum Gasteiger partial charge on any atom is 0.338 e. The first-order valence-corrected chi connectivity index (χ1v) is 7.15. The number of methoxy groups -OCH3 is 1. The zero-order valence-electron chi connectivity index (χ0n) is 12.5. The predicted octanol–water partition coefficient (Wildman–Crippen LogP) is 4.38. The molecule has 0 aliphatic carbocycles. The first kappa shape index (κ1) is 16.3. The maximum atomic E-state index is 11.8. The summed E-state index contributed by atoms with van der Waals surface area (Å²) in [6.07, 6.45) is 5.21. The van der Waals surface area contributed by atoms with Crippen molar-refractivity contribution < 1.29 is 14.3 Å². The number of carbonyl (C=O) groups is 1. The van der Waals surface area contributed by atoms with Gasteiger partial charge in [0.25, 0.3) is 0 Å². The number of allylic oxidation sites excluding steroid dienone is 1. The molecule has 3 heteroatoms. The van der Waals surface area contributed by atoms with E-state index in [1.54, 1.807) is 31.4 Å². The van der Waals surface area contributed by atoms with Crippen LogP contribution in [0.4, 0.5) is 0 Å². The largest absolute Gasteiger partial charge is 0.497 e. The van der Waals surface area contributed by atoms with Crippen molar-refractivity contribution in [2.75, 3.05) is 13.7 Å². The van der Waals surface area contributed by atoms with Crippen molar-refractivity contribution in [3.8, 4) is 5.75 Å². The van der Waals surface area contributed by atoms with Gasteiger partial charge in [0.15, 0.2) is 0 Å². The van der Waals surface area contributed by atoms with E-state index >= 15 is 0 Å².